The van der Waals surface area contributed by atoms with Crippen molar-refractivity contribution in [1.82, 2.24) is 9.38 Å². The third-order valence-corrected chi connectivity index (χ3v) is 3.67. The Morgan fingerprint density at radius 3 is 2.59 bits per heavy atom. The van der Waals surface area contributed by atoms with Crippen LogP contribution < -0.4 is 5.73 Å². The van der Waals surface area contributed by atoms with E-state index in [2.05, 4.69) is 9.38 Å². The number of nitro groups is 1. The molecule has 0 bridgehead atoms. The number of hydrogen-bond acceptors (Lipinski definition) is 4. The van der Waals surface area contributed by atoms with Crippen molar-refractivity contribution in [2.24, 2.45) is 5.73 Å². The second-order valence-corrected chi connectivity index (χ2v) is 5.11. The van der Waals surface area contributed by atoms with Crippen molar-refractivity contribution < 1.29 is 4.92 Å². The minimum Gasteiger partial charge on any atom is -0.330 e. The van der Waals surface area contributed by atoms with Crippen LogP contribution in [0.4, 0.5) is 5.69 Å². The molecule has 0 spiro atoms. The van der Waals surface area contributed by atoms with E-state index in [1.165, 1.54) is 12.1 Å². The van der Waals surface area contributed by atoms with E-state index in [0.717, 1.165) is 28.3 Å². The molecule has 6 heteroatoms. The highest BCUT2D eigenvalue weighted by Gasteiger charge is 2.15. The van der Waals surface area contributed by atoms with Crippen molar-refractivity contribution in [3.05, 3.63) is 64.0 Å². The zero-order valence-corrected chi connectivity index (χ0v) is 12.2. The quantitative estimate of drug-likeness (QED) is 0.592. The molecule has 0 radical (unpaired) electrons. The largest absolute Gasteiger partial charge is 0.330 e. The maximum Gasteiger partial charge on any atom is 0.269 e. The number of rotatable bonds is 4. The van der Waals surface area contributed by atoms with Gasteiger partial charge in [-0.25, -0.2) is 4.98 Å². The highest BCUT2D eigenvalue weighted by Crippen LogP contribution is 2.27. The molecule has 0 unspecified atom stereocenters. The maximum absolute atomic E-state index is 10.8. The summed E-state index contributed by atoms with van der Waals surface area (Å²) >= 11 is 0. The minimum absolute atomic E-state index is 0.0732. The molecule has 3 aromatic rings. The number of hydrogen-bond donors (Lipinski definition) is 1. The van der Waals surface area contributed by atoms with Gasteiger partial charge in [0.25, 0.3) is 5.69 Å². The standard InChI is InChI=1S/C16H16N4O2/c1-11-3-2-4-15-18-16(14(9-10-17)19(11)15)12-5-7-13(8-6-12)20(21)22/h2-8H,9-10,17H2,1H3. The maximum atomic E-state index is 10.8. The van der Waals surface area contributed by atoms with Gasteiger partial charge in [-0.05, 0) is 37.7 Å². The topological polar surface area (TPSA) is 86.5 Å². The van der Waals surface area contributed by atoms with Gasteiger partial charge in [0.15, 0.2) is 0 Å². The second kappa shape index (κ2) is 5.57. The summed E-state index contributed by atoms with van der Waals surface area (Å²) in [6.07, 6.45) is 0.693. The molecule has 6 nitrogen and oxygen atoms in total. The fraction of sp³-hybridized carbons (Fsp3) is 0.188. The smallest absolute Gasteiger partial charge is 0.269 e. The summed E-state index contributed by atoms with van der Waals surface area (Å²) in [6.45, 7) is 2.54. The summed E-state index contributed by atoms with van der Waals surface area (Å²) in [4.78, 5) is 15.0. The van der Waals surface area contributed by atoms with Crippen molar-refractivity contribution in [2.45, 2.75) is 13.3 Å². The zero-order valence-electron chi connectivity index (χ0n) is 12.2. The summed E-state index contributed by atoms with van der Waals surface area (Å²) in [5, 5.41) is 10.8. The van der Waals surface area contributed by atoms with E-state index >= 15 is 0 Å². The normalized spacial score (nSPS) is 11.0. The number of nitro benzene ring substituents is 1. The molecule has 0 saturated carbocycles. The Bertz CT molecular complexity index is 837. The molecule has 22 heavy (non-hydrogen) atoms. The van der Waals surface area contributed by atoms with Gasteiger partial charge in [-0.1, -0.05) is 6.07 Å². The van der Waals surface area contributed by atoms with Crippen LogP contribution in [-0.4, -0.2) is 20.9 Å². The molecule has 2 heterocycles. The summed E-state index contributed by atoms with van der Waals surface area (Å²) in [5.41, 5.74) is 10.5. The van der Waals surface area contributed by atoms with Crippen LogP contribution in [0.3, 0.4) is 0 Å². The lowest BCUT2D eigenvalue weighted by Crippen LogP contribution is -2.07. The van der Waals surface area contributed by atoms with Gasteiger partial charge in [0.2, 0.25) is 0 Å². The van der Waals surface area contributed by atoms with Crippen molar-refractivity contribution in [3.8, 4) is 11.3 Å². The van der Waals surface area contributed by atoms with Gasteiger partial charge in [0.05, 0.1) is 16.3 Å². The average molecular weight is 296 g/mol. The lowest BCUT2D eigenvalue weighted by atomic mass is 10.1. The Labute approximate surface area is 127 Å². The Morgan fingerprint density at radius 2 is 1.95 bits per heavy atom. The number of imidazole rings is 1. The summed E-state index contributed by atoms with van der Waals surface area (Å²) < 4.78 is 2.09. The van der Waals surface area contributed by atoms with Crippen molar-refractivity contribution in [2.75, 3.05) is 6.54 Å². The number of nitrogens with zero attached hydrogens (tertiary/aromatic N) is 3. The van der Waals surface area contributed by atoms with Gasteiger partial charge < -0.3 is 10.1 Å². The first-order chi connectivity index (χ1) is 10.6. The fourth-order valence-electron chi connectivity index (χ4n) is 2.67. The summed E-state index contributed by atoms with van der Waals surface area (Å²) in [6, 6.07) is 12.4. The molecular formula is C16H16N4O2. The van der Waals surface area contributed by atoms with Crippen LogP contribution in [0.15, 0.2) is 42.5 Å². The average Bonchev–Trinajstić information content (AvgIpc) is 2.88. The monoisotopic (exact) mass is 296 g/mol. The Hall–Kier alpha value is -2.73. The molecule has 0 atom stereocenters. The molecule has 0 amide bonds. The van der Waals surface area contributed by atoms with Crippen LogP contribution in [0.2, 0.25) is 0 Å². The predicted molar refractivity (Wildman–Crippen MR) is 84.8 cm³/mol. The number of aromatic nitrogens is 2. The molecule has 0 aliphatic carbocycles. The predicted octanol–water partition coefficient (Wildman–Crippen LogP) is 2.72. The van der Waals surface area contributed by atoms with E-state index in [1.807, 2.05) is 25.1 Å². The number of pyridine rings is 1. The molecule has 0 aliphatic heterocycles. The van der Waals surface area contributed by atoms with Gasteiger partial charge in [0, 0.05) is 29.8 Å². The molecule has 1 aromatic carbocycles. The summed E-state index contributed by atoms with van der Waals surface area (Å²) in [5.74, 6) is 0. The van der Waals surface area contributed by atoms with E-state index in [1.54, 1.807) is 12.1 Å². The zero-order chi connectivity index (χ0) is 15.7. The van der Waals surface area contributed by atoms with Crippen LogP contribution in [0.5, 0.6) is 0 Å². The SMILES string of the molecule is Cc1cccc2nc(-c3ccc([N+](=O)[O-])cc3)c(CCN)n12. The number of aryl methyl sites for hydroxylation is 1. The van der Waals surface area contributed by atoms with Gasteiger partial charge in [-0.15, -0.1) is 0 Å². The third kappa shape index (κ3) is 2.33. The fourth-order valence-corrected chi connectivity index (χ4v) is 2.67. The van der Waals surface area contributed by atoms with E-state index in [-0.39, 0.29) is 5.69 Å². The van der Waals surface area contributed by atoms with Gasteiger partial charge in [-0.2, -0.15) is 0 Å². The van der Waals surface area contributed by atoms with Crippen LogP contribution in [0, 0.1) is 17.0 Å². The first-order valence-corrected chi connectivity index (χ1v) is 7.03. The Morgan fingerprint density at radius 1 is 1.23 bits per heavy atom. The van der Waals surface area contributed by atoms with Crippen LogP contribution >= 0.6 is 0 Å². The highest BCUT2D eigenvalue weighted by molar-refractivity contribution is 5.68. The first kappa shape index (κ1) is 14.2. The lowest BCUT2D eigenvalue weighted by molar-refractivity contribution is -0.384. The highest BCUT2D eigenvalue weighted by atomic mass is 16.6. The minimum atomic E-state index is -0.404. The molecule has 0 aliphatic rings. The Balaban J connectivity index is 2.19. The van der Waals surface area contributed by atoms with E-state index in [4.69, 9.17) is 5.73 Å². The Kier molecular flexibility index (Phi) is 3.60. The first-order valence-electron chi connectivity index (χ1n) is 7.03. The molecular weight excluding hydrogens is 280 g/mol. The lowest BCUT2D eigenvalue weighted by Gasteiger charge is -2.06. The van der Waals surface area contributed by atoms with E-state index in [9.17, 15) is 10.1 Å². The number of nitrogens with two attached hydrogens (primary N) is 1. The van der Waals surface area contributed by atoms with Gasteiger partial charge >= 0.3 is 0 Å². The van der Waals surface area contributed by atoms with E-state index < -0.39 is 4.92 Å². The van der Waals surface area contributed by atoms with Crippen molar-refractivity contribution >= 4 is 11.3 Å². The molecule has 3 rings (SSSR count). The van der Waals surface area contributed by atoms with E-state index in [0.29, 0.717) is 13.0 Å². The molecule has 2 N–H and O–H groups in total. The second-order valence-electron chi connectivity index (χ2n) is 5.11. The van der Waals surface area contributed by atoms with Gasteiger partial charge in [-0.3, -0.25) is 10.1 Å². The third-order valence-electron chi connectivity index (χ3n) is 3.67. The van der Waals surface area contributed by atoms with Crippen molar-refractivity contribution in [3.63, 3.8) is 0 Å². The molecule has 0 fully saturated rings. The molecule has 2 aromatic heterocycles. The summed E-state index contributed by atoms with van der Waals surface area (Å²) in [7, 11) is 0. The number of fused-ring (bicyclic) bond motifs is 1. The van der Waals surface area contributed by atoms with Crippen LogP contribution in [-0.2, 0) is 6.42 Å². The van der Waals surface area contributed by atoms with Crippen molar-refractivity contribution in [1.29, 1.82) is 0 Å². The number of benzene rings is 1. The van der Waals surface area contributed by atoms with Crippen LogP contribution in [0.1, 0.15) is 11.4 Å². The van der Waals surface area contributed by atoms with Gasteiger partial charge in [0.1, 0.15) is 5.65 Å². The molecule has 0 saturated heterocycles. The molecule has 112 valence electrons. The van der Waals surface area contributed by atoms with Crippen LogP contribution in [0.25, 0.3) is 16.9 Å². The number of non-ortho nitro benzene ring substituents is 1.